The van der Waals surface area contributed by atoms with Gasteiger partial charge in [0.1, 0.15) is 0 Å². The van der Waals surface area contributed by atoms with Gasteiger partial charge in [0.15, 0.2) is 6.10 Å². The summed E-state index contributed by atoms with van der Waals surface area (Å²) in [6, 6.07) is 5.78. The van der Waals surface area contributed by atoms with Gasteiger partial charge in [0.25, 0.3) is 5.91 Å². The van der Waals surface area contributed by atoms with Crippen molar-refractivity contribution in [2.45, 2.75) is 63.4 Å². The maximum Gasteiger partial charge on any atom is 0.338 e. The van der Waals surface area contributed by atoms with E-state index in [1.165, 1.54) is 28.6 Å². The SMILES string of the molecule is CC1CCN(C(=O)C(C)OC(=O)c2ccc(S(=O)(=O)N3CCCCCC3)cc2)CC1. The van der Waals surface area contributed by atoms with Gasteiger partial charge in [-0.1, -0.05) is 19.8 Å². The number of ether oxygens (including phenoxy) is 1. The van der Waals surface area contributed by atoms with Gasteiger partial charge in [-0.3, -0.25) is 4.79 Å². The van der Waals surface area contributed by atoms with Crippen LogP contribution in [0.5, 0.6) is 0 Å². The summed E-state index contributed by atoms with van der Waals surface area (Å²) in [6.07, 6.45) is 4.87. The summed E-state index contributed by atoms with van der Waals surface area (Å²) in [5, 5.41) is 0. The molecule has 2 aliphatic rings. The number of hydrogen-bond donors (Lipinski definition) is 0. The van der Waals surface area contributed by atoms with E-state index in [-0.39, 0.29) is 16.4 Å². The molecule has 2 heterocycles. The molecule has 0 saturated carbocycles. The van der Waals surface area contributed by atoms with E-state index in [4.69, 9.17) is 4.74 Å². The van der Waals surface area contributed by atoms with Gasteiger partial charge in [-0.15, -0.1) is 0 Å². The highest BCUT2D eigenvalue weighted by molar-refractivity contribution is 7.89. The molecule has 1 amide bonds. The fourth-order valence-corrected chi connectivity index (χ4v) is 5.48. The van der Waals surface area contributed by atoms with Crippen molar-refractivity contribution in [3.05, 3.63) is 29.8 Å². The van der Waals surface area contributed by atoms with E-state index in [0.717, 1.165) is 38.5 Å². The first-order valence-electron chi connectivity index (χ1n) is 10.9. The fourth-order valence-electron chi connectivity index (χ4n) is 3.96. The molecule has 30 heavy (non-hydrogen) atoms. The van der Waals surface area contributed by atoms with Crippen molar-refractivity contribution in [3.8, 4) is 0 Å². The number of hydrogen-bond acceptors (Lipinski definition) is 5. The van der Waals surface area contributed by atoms with Crippen molar-refractivity contribution in [1.29, 1.82) is 0 Å². The first kappa shape index (κ1) is 22.7. The van der Waals surface area contributed by atoms with E-state index >= 15 is 0 Å². The van der Waals surface area contributed by atoms with E-state index in [2.05, 4.69) is 6.92 Å². The predicted molar refractivity (Wildman–Crippen MR) is 114 cm³/mol. The standard InChI is InChI=1S/C22H32N2O5S/c1-17-11-15-23(16-12-17)21(25)18(2)29-22(26)19-7-9-20(10-8-19)30(27,28)24-13-5-3-4-6-14-24/h7-10,17-18H,3-6,11-16H2,1-2H3. The molecule has 2 aliphatic heterocycles. The van der Waals surface area contributed by atoms with Crippen LogP contribution in [0.25, 0.3) is 0 Å². The largest absolute Gasteiger partial charge is 0.449 e. The van der Waals surface area contributed by atoms with Gasteiger partial charge in [0, 0.05) is 26.2 Å². The van der Waals surface area contributed by atoms with Gasteiger partial charge in [-0.05, 0) is 62.8 Å². The molecular weight excluding hydrogens is 404 g/mol. The number of rotatable bonds is 5. The smallest absolute Gasteiger partial charge is 0.338 e. The van der Waals surface area contributed by atoms with Gasteiger partial charge >= 0.3 is 5.97 Å². The summed E-state index contributed by atoms with van der Waals surface area (Å²) in [4.78, 5) is 26.9. The van der Waals surface area contributed by atoms with Crippen LogP contribution in [0.15, 0.2) is 29.2 Å². The van der Waals surface area contributed by atoms with Crippen LogP contribution in [0.3, 0.4) is 0 Å². The van der Waals surface area contributed by atoms with E-state index in [9.17, 15) is 18.0 Å². The minimum Gasteiger partial charge on any atom is -0.449 e. The molecule has 7 nitrogen and oxygen atoms in total. The molecule has 0 aliphatic carbocycles. The van der Waals surface area contributed by atoms with Crippen molar-refractivity contribution in [2.24, 2.45) is 5.92 Å². The summed E-state index contributed by atoms with van der Waals surface area (Å²) in [6.45, 7) is 6.18. The lowest BCUT2D eigenvalue weighted by atomic mass is 9.99. The first-order chi connectivity index (χ1) is 14.3. The molecule has 0 aromatic heterocycles. The molecule has 1 aromatic rings. The lowest BCUT2D eigenvalue weighted by Gasteiger charge is -2.31. The van der Waals surface area contributed by atoms with Gasteiger partial charge < -0.3 is 9.64 Å². The number of piperidine rings is 1. The Balaban J connectivity index is 1.61. The Hall–Kier alpha value is -1.93. The molecule has 0 bridgehead atoms. The van der Waals surface area contributed by atoms with E-state index in [1.54, 1.807) is 11.8 Å². The number of benzene rings is 1. The monoisotopic (exact) mass is 436 g/mol. The number of likely N-dealkylation sites (tertiary alicyclic amines) is 1. The quantitative estimate of drug-likeness (QED) is 0.663. The van der Waals surface area contributed by atoms with Crippen molar-refractivity contribution in [1.82, 2.24) is 9.21 Å². The van der Waals surface area contributed by atoms with Gasteiger partial charge in [0.2, 0.25) is 10.0 Å². The predicted octanol–water partition coefficient (Wildman–Crippen LogP) is 3.06. The number of nitrogens with zero attached hydrogens (tertiary/aromatic N) is 2. The van der Waals surface area contributed by atoms with Gasteiger partial charge in [-0.2, -0.15) is 4.31 Å². The highest BCUT2D eigenvalue weighted by Crippen LogP contribution is 2.21. The minimum atomic E-state index is -3.56. The molecule has 1 unspecified atom stereocenters. The molecule has 0 N–H and O–H groups in total. The molecule has 2 fully saturated rings. The molecular formula is C22H32N2O5S. The third-order valence-electron chi connectivity index (χ3n) is 6.02. The molecule has 1 aromatic carbocycles. The summed E-state index contributed by atoms with van der Waals surface area (Å²) in [5.41, 5.74) is 0.233. The van der Waals surface area contributed by atoms with Crippen LogP contribution >= 0.6 is 0 Å². The van der Waals surface area contributed by atoms with Crippen molar-refractivity contribution in [2.75, 3.05) is 26.2 Å². The summed E-state index contributed by atoms with van der Waals surface area (Å²) >= 11 is 0. The van der Waals surface area contributed by atoms with Crippen LogP contribution in [0, 0.1) is 5.92 Å². The summed E-state index contributed by atoms with van der Waals surface area (Å²) in [5.74, 6) is -0.202. The van der Waals surface area contributed by atoms with Crippen molar-refractivity contribution < 1.29 is 22.7 Å². The zero-order valence-electron chi connectivity index (χ0n) is 17.9. The number of sulfonamides is 1. The van der Waals surface area contributed by atoms with Crippen LogP contribution in [0.4, 0.5) is 0 Å². The first-order valence-corrected chi connectivity index (χ1v) is 12.3. The van der Waals surface area contributed by atoms with E-state index in [0.29, 0.717) is 32.1 Å². The van der Waals surface area contributed by atoms with Crippen LogP contribution in [-0.2, 0) is 19.6 Å². The Labute approximate surface area is 179 Å². The minimum absolute atomic E-state index is 0.174. The average Bonchev–Trinajstić information content (AvgIpc) is 3.04. The molecule has 8 heteroatoms. The van der Waals surface area contributed by atoms with Gasteiger partial charge in [-0.25, -0.2) is 13.2 Å². The number of amides is 1. The lowest BCUT2D eigenvalue weighted by Crippen LogP contribution is -2.44. The second-order valence-corrected chi connectivity index (χ2v) is 10.3. The molecule has 1 atom stereocenters. The van der Waals surface area contributed by atoms with E-state index < -0.39 is 22.1 Å². The van der Waals surface area contributed by atoms with Crippen LogP contribution < -0.4 is 0 Å². The molecule has 3 rings (SSSR count). The van der Waals surface area contributed by atoms with Crippen LogP contribution in [-0.4, -0.2) is 61.8 Å². The summed E-state index contributed by atoms with van der Waals surface area (Å²) < 4.78 is 32.6. The number of carbonyl (C=O) groups is 2. The molecule has 0 spiro atoms. The van der Waals surface area contributed by atoms with Crippen molar-refractivity contribution >= 4 is 21.9 Å². The lowest BCUT2D eigenvalue weighted by molar-refractivity contribution is -0.141. The highest BCUT2D eigenvalue weighted by Gasteiger charge is 2.28. The second kappa shape index (κ2) is 9.92. The molecule has 166 valence electrons. The fraction of sp³-hybridized carbons (Fsp3) is 0.636. The Morgan fingerprint density at radius 3 is 2.10 bits per heavy atom. The Morgan fingerprint density at radius 1 is 0.967 bits per heavy atom. The number of esters is 1. The molecule has 2 saturated heterocycles. The van der Waals surface area contributed by atoms with Crippen molar-refractivity contribution in [3.63, 3.8) is 0 Å². The Morgan fingerprint density at radius 2 is 1.53 bits per heavy atom. The number of carbonyl (C=O) groups excluding carboxylic acids is 2. The van der Waals surface area contributed by atoms with Crippen LogP contribution in [0.1, 0.15) is 62.7 Å². The van der Waals surface area contributed by atoms with E-state index in [1.807, 2.05) is 0 Å². The zero-order valence-corrected chi connectivity index (χ0v) is 18.7. The average molecular weight is 437 g/mol. The maximum absolute atomic E-state index is 12.8. The third kappa shape index (κ3) is 5.40. The maximum atomic E-state index is 12.8. The highest BCUT2D eigenvalue weighted by atomic mass is 32.2. The second-order valence-electron chi connectivity index (χ2n) is 8.40. The normalized spacial score (nSPS) is 20.4. The van der Waals surface area contributed by atoms with Gasteiger partial charge in [0.05, 0.1) is 10.5 Å². The topological polar surface area (TPSA) is 84.0 Å². The Kier molecular flexibility index (Phi) is 7.52. The third-order valence-corrected chi connectivity index (χ3v) is 7.93. The summed E-state index contributed by atoms with van der Waals surface area (Å²) in [7, 11) is -3.56. The Bertz CT molecular complexity index is 837. The zero-order chi connectivity index (χ0) is 21.7. The molecule has 0 radical (unpaired) electrons. The van der Waals surface area contributed by atoms with Crippen LogP contribution in [0.2, 0.25) is 0 Å².